The van der Waals surface area contributed by atoms with Crippen molar-refractivity contribution in [2.24, 2.45) is 5.92 Å². The smallest absolute Gasteiger partial charge is 0.143 e. The topological polar surface area (TPSA) is 45.9 Å². The average molecular weight is 202 g/mol. The predicted molar refractivity (Wildman–Crippen MR) is 56.2 cm³/mol. The van der Waals surface area contributed by atoms with Crippen LogP contribution in [0.3, 0.4) is 0 Å². The van der Waals surface area contributed by atoms with Gasteiger partial charge in [0.2, 0.25) is 0 Å². The van der Waals surface area contributed by atoms with E-state index < -0.39 is 0 Å². The molecule has 0 aromatic carbocycles. The summed E-state index contributed by atoms with van der Waals surface area (Å²) in [6.07, 6.45) is 2.48. The second kappa shape index (κ2) is 4.00. The third kappa shape index (κ3) is 2.00. The van der Waals surface area contributed by atoms with Crippen LogP contribution in [0, 0.1) is 24.2 Å². The van der Waals surface area contributed by atoms with E-state index in [9.17, 15) is 0 Å². The highest BCUT2D eigenvalue weighted by Gasteiger charge is 2.33. The first-order valence-electron chi connectivity index (χ1n) is 5.16. The molecular formula is C12H14N2O. The molecule has 0 spiro atoms. The van der Waals surface area contributed by atoms with Gasteiger partial charge in [-0.1, -0.05) is 6.07 Å². The fourth-order valence-electron chi connectivity index (χ4n) is 1.77. The molecule has 0 aliphatic heterocycles. The molecule has 1 fully saturated rings. The lowest BCUT2D eigenvalue weighted by Crippen LogP contribution is -2.07. The molecule has 0 radical (unpaired) electrons. The van der Waals surface area contributed by atoms with Crippen molar-refractivity contribution in [3.63, 3.8) is 0 Å². The number of nitrogens with zero attached hydrogens (tertiary/aromatic N) is 2. The van der Waals surface area contributed by atoms with E-state index in [0.29, 0.717) is 11.6 Å². The predicted octanol–water partition coefficient (Wildman–Crippen LogP) is 2.36. The number of methoxy groups -OCH3 is 1. The van der Waals surface area contributed by atoms with Crippen LogP contribution in [0.1, 0.15) is 35.9 Å². The highest BCUT2D eigenvalue weighted by Crippen LogP contribution is 2.42. The first-order chi connectivity index (χ1) is 7.26. The van der Waals surface area contributed by atoms with Crippen LogP contribution in [0.2, 0.25) is 0 Å². The summed E-state index contributed by atoms with van der Waals surface area (Å²) in [6.45, 7) is 1.90. The van der Waals surface area contributed by atoms with Crippen molar-refractivity contribution in [3.8, 4) is 6.07 Å². The molecule has 15 heavy (non-hydrogen) atoms. The van der Waals surface area contributed by atoms with E-state index >= 15 is 0 Å². The van der Waals surface area contributed by atoms with Crippen LogP contribution in [-0.2, 0) is 4.74 Å². The van der Waals surface area contributed by atoms with Gasteiger partial charge in [0.15, 0.2) is 0 Å². The molecule has 3 heteroatoms. The minimum atomic E-state index is 0.0673. The van der Waals surface area contributed by atoms with E-state index in [1.54, 1.807) is 7.11 Å². The number of rotatable bonds is 3. The van der Waals surface area contributed by atoms with E-state index in [1.165, 1.54) is 12.8 Å². The maximum Gasteiger partial charge on any atom is 0.143 e. The Morgan fingerprint density at radius 1 is 1.53 bits per heavy atom. The number of aryl methyl sites for hydroxylation is 1. The van der Waals surface area contributed by atoms with Gasteiger partial charge in [-0.3, -0.25) is 0 Å². The van der Waals surface area contributed by atoms with Crippen LogP contribution in [0.25, 0.3) is 0 Å². The molecule has 1 saturated carbocycles. The lowest BCUT2D eigenvalue weighted by Gasteiger charge is -2.14. The maximum atomic E-state index is 8.90. The second-order valence-corrected chi connectivity index (χ2v) is 4.01. The third-order valence-electron chi connectivity index (χ3n) is 2.82. The fourth-order valence-corrected chi connectivity index (χ4v) is 1.77. The molecule has 1 aliphatic rings. The molecule has 1 aromatic heterocycles. The summed E-state index contributed by atoms with van der Waals surface area (Å²) in [5, 5.41) is 8.90. The van der Waals surface area contributed by atoms with Gasteiger partial charge in [0.25, 0.3) is 0 Å². The molecule has 1 atom stereocenters. The van der Waals surface area contributed by atoms with Gasteiger partial charge in [-0.05, 0) is 37.3 Å². The molecule has 1 aromatic rings. The number of nitriles is 1. The maximum absolute atomic E-state index is 8.90. The van der Waals surface area contributed by atoms with Gasteiger partial charge in [-0.25, -0.2) is 4.98 Å². The summed E-state index contributed by atoms with van der Waals surface area (Å²) in [7, 11) is 1.70. The zero-order valence-electron chi connectivity index (χ0n) is 9.03. The molecule has 0 saturated heterocycles. The molecule has 1 heterocycles. The van der Waals surface area contributed by atoms with Crippen LogP contribution >= 0.6 is 0 Å². The van der Waals surface area contributed by atoms with Crippen molar-refractivity contribution in [2.45, 2.75) is 25.9 Å². The Kier molecular flexibility index (Phi) is 2.70. The van der Waals surface area contributed by atoms with Crippen LogP contribution in [0.4, 0.5) is 0 Å². The van der Waals surface area contributed by atoms with Crippen LogP contribution in [0.5, 0.6) is 0 Å². The molecule has 1 unspecified atom stereocenters. The number of hydrogen-bond donors (Lipinski definition) is 0. The van der Waals surface area contributed by atoms with Gasteiger partial charge < -0.3 is 4.74 Å². The van der Waals surface area contributed by atoms with Crippen molar-refractivity contribution in [1.29, 1.82) is 5.26 Å². The number of hydrogen-bond acceptors (Lipinski definition) is 3. The van der Waals surface area contributed by atoms with Gasteiger partial charge >= 0.3 is 0 Å². The molecule has 0 amide bonds. The monoisotopic (exact) mass is 202 g/mol. The standard InChI is InChI=1S/C12H14N2O/c1-8-3-6-10(14-11(8)7-13)12(15-2)9-4-5-9/h3,6,9,12H,4-5H2,1-2H3. The van der Waals surface area contributed by atoms with Crippen LogP contribution in [-0.4, -0.2) is 12.1 Å². The minimum absolute atomic E-state index is 0.0673. The lowest BCUT2D eigenvalue weighted by molar-refractivity contribution is 0.0810. The first-order valence-corrected chi connectivity index (χ1v) is 5.16. The molecule has 78 valence electrons. The summed E-state index contributed by atoms with van der Waals surface area (Å²) < 4.78 is 5.43. The Labute approximate surface area is 89.7 Å². The quantitative estimate of drug-likeness (QED) is 0.755. The van der Waals surface area contributed by atoms with Gasteiger partial charge in [0, 0.05) is 7.11 Å². The second-order valence-electron chi connectivity index (χ2n) is 4.01. The van der Waals surface area contributed by atoms with E-state index in [0.717, 1.165) is 11.3 Å². The summed E-state index contributed by atoms with van der Waals surface area (Å²) in [4.78, 5) is 4.34. The van der Waals surface area contributed by atoms with E-state index in [1.807, 2.05) is 19.1 Å². The minimum Gasteiger partial charge on any atom is -0.375 e. The number of pyridine rings is 1. The van der Waals surface area contributed by atoms with Gasteiger partial charge in [-0.15, -0.1) is 0 Å². The van der Waals surface area contributed by atoms with Crippen molar-refractivity contribution in [2.75, 3.05) is 7.11 Å². The molecule has 3 nitrogen and oxygen atoms in total. The van der Waals surface area contributed by atoms with Gasteiger partial charge in [-0.2, -0.15) is 5.26 Å². The summed E-state index contributed by atoms with van der Waals surface area (Å²) in [5.41, 5.74) is 2.32. The fraction of sp³-hybridized carbons (Fsp3) is 0.500. The van der Waals surface area contributed by atoms with Crippen LogP contribution in [0.15, 0.2) is 12.1 Å². The van der Waals surface area contributed by atoms with E-state index in [-0.39, 0.29) is 6.10 Å². The highest BCUT2D eigenvalue weighted by atomic mass is 16.5. The Morgan fingerprint density at radius 3 is 2.80 bits per heavy atom. The highest BCUT2D eigenvalue weighted by molar-refractivity contribution is 5.32. The average Bonchev–Trinajstić information content (AvgIpc) is 3.06. The molecular weight excluding hydrogens is 188 g/mol. The normalized spacial score (nSPS) is 17.1. The third-order valence-corrected chi connectivity index (χ3v) is 2.82. The zero-order valence-corrected chi connectivity index (χ0v) is 9.03. The Balaban J connectivity index is 2.31. The van der Waals surface area contributed by atoms with E-state index in [2.05, 4.69) is 11.1 Å². The van der Waals surface area contributed by atoms with E-state index in [4.69, 9.17) is 10.00 Å². The first kappa shape index (κ1) is 10.1. The van der Waals surface area contributed by atoms with Crippen molar-refractivity contribution < 1.29 is 4.74 Å². The van der Waals surface area contributed by atoms with Crippen LogP contribution < -0.4 is 0 Å². The Bertz CT molecular complexity index is 405. The summed E-state index contributed by atoms with van der Waals surface area (Å²) >= 11 is 0. The Morgan fingerprint density at radius 2 is 2.27 bits per heavy atom. The van der Waals surface area contributed by atoms with Crippen molar-refractivity contribution >= 4 is 0 Å². The number of aromatic nitrogens is 1. The zero-order chi connectivity index (χ0) is 10.8. The molecule has 0 bridgehead atoms. The van der Waals surface area contributed by atoms with Crippen molar-refractivity contribution in [1.82, 2.24) is 4.98 Å². The van der Waals surface area contributed by atoms with Crippen molar-refractivity contribution in [3.05, 3.63) is 29.1 Å². The number of ether oxygens (including phenoxy) is 1. The summed E-state index contributed by atoms with van der Waals surface area (Å²) in [6, 6.07) is 6.01. The Hall–Kier alpha value is -1.40. The van der Waals surface area contributed by atoms with Gasteiger partial charge in [0.05, 0.1) is 5.69 Å². The summed E-state index contributed by atoms with van der Waals surface area (Å²) in [5.74, 6) is 0.594. The molecule has 0 N–H and O–H groups in total. The SMILES string of the molecule is COC(c1ccc(C)c(C#N)n1)C1CC1. The largest absolute Gasteiger partial charge is 0.375 e. The molecule has 1 aliphatic carbocycles. The molecule has 2 rings (SSSR count). The lowest BCUT2D eigenvalue weighted by atomic mass is 10.1. The van der Waals surface area contributed by atoms with Gasteiger partial charge in [0.1, 0.15) is 17.9 Å².